The molecule has 0 spiro atoms. The number of hydrogen-bond donors (Lipinski definition) is 2. The number of likely N-dealkylation sites (N-methyl/N-ethyl adjacent to an activating group) is 1. The quantitative estimate of drug-likeness (QED) is 0.812. The highest BCUT2D eigenvalue weighted by Gasteiger charge is 2.36. The monoisotopic (exact) mass is 325 g/mol. The molecule has 0 aromatic carbocycles. The first-order chi connectivity index (χ1) is 10.9. The topological polar surface area (TPSA) is 72.9 Å². The van der Waals surface area contributed by atoms with Crippen LogP contribution in [0, 0.1) is 5.92 Å². The fraction of sp³-hybridized carbons (Fsp3) is 0.882. The van der Waals surface area contributed by atoms with Crippen molar-refractivity contribution in [1.29, 1.82) is 0 Å². The molecule has 2 N–H and O–H groups in total. The van der Waals surface area contributed by atoms with Gasteiger partial charge in [-0.1, -0.05) is 20.3 Å². The van der Waals surface area contributed by atoms with Gasteiger partial charge in [-0.15, -0.1) is 0 Å². The summed E-state index contributed by atoms with van der Waals surface area (Å²) in [5.41, 5.74) is 0. The Morgan fingerprint density at radius 2 is 1.96 bits per heavy atom. The minimum atomic E-state index is -0.785. The number of nitrogens with one attached hydrogen (secondary N) is 1. The predicted molar refractivity (Wildman–Crippen MR) is 89.4 cm³/mol. The van der Waals surface area contributed by atoms with E-state index in [1.165, 1.54) is 12.8 Å². The Hall–Kier alpha value is -1.30. The number of carbonyl (C=O) groups excluding carboxylic acids is 1. The van der Waals surface area contributed by atoms with Gasteiger partial charge >= 0.3 is 12.0 Å². The van der Waals surface area contributed by atoms with E-state index in [0.717, 1.165) is 32.4 Å². The fourth-order valence-electron chi connectivity index (χ4n) is 3.74. The van der Waals surface area contributed by atoms with Crippen LogP contribution in [0.4, 0.5) is 4.79 Å². The van der Waals surface area contributed by atoms with E-state index in [1.54, 1.807) is 0 Å². The largest absolute Gasteiger partial charge is 0.480 e. The maximum Gasteiger partial charge on any atom is 0.317 e. The highest BCUT2D eigenvalue weighted by Crippen LogP contribution is 2.27. The first-order valence-corrected chi connectivity index (χ1v) is 8.93. The second-order valence-electron chi connectivity index (χ2n) is 7.27. The highest BCUT2D eigenvalue weighted by molar-refractivity contribution is 5.75. The average Bonchev–Trinajstić information content (AvgIpc) is 2.61. The lowest BCUT2D eigenvalue weighted by atomic mass is 9.85. The van der Waals surface area contributed by atoms with E-state index in [0.29, 0.717) is 12.0 Å². The summed E-state index contributed by atoms with van der Waals surface area (Å²) in [6, 6.07) is 0.814. The lowest BCUT2D eigenvalue weighted by Crippen LogP contribution is -2.57. The Kier molecular flexibility index (Phi) is 6.27. The third kappa shape index (κ3) is 4.83. The van der Waals surface area contributed by atoms with Crippen LogP contribution >= 0.6 is 0 Å². The molecule has 1 saturated carbocycles. The average molecular weight is 325 g/mol. The van der Waals surface area contributed by atoms with Gasteiger partial charge in [-0.05, 0) is 45.1 Å². The van der Waals surface area contributed by atoms with Crippen LogP contribution in [0.3, 0.4) is 0 Å². The zero-order valence-electron chi connectivity index (χ0n) is 14.6. The summed E-state index contributed by atoms with van der Waals surface area (Å²) in [5.74, 6) is -0.224. The molecule has 6 heteroatoms. The number of carboxylic acid groups (broad SMARTS) is 1. The van der Waals surface area contributed by atoms with Crippen LogP contribution in [-0.4, -0.2) is 64.7 Å². The molecule has 132 valence electrons. The van der Waals surface area contributed by atoms with Gasteiger partial charge in [0, 0.05) is 24.7 Å². The lowest BCUT2D eigenvalue weighted by Gasteiger charge is -2.43. The summed E-state index contributed by atoms with van der Waals surface area (Å²) in [4.78, 5) is 27.4. The molecule has 23 heavy (non-hydrogen) atoms. The van der Waals surface area contributed by atoms with Crippen molar-refractivity contribution in [2.75, 3.05) is 19.6 Å². The third-order valence-electron chi connectivity index (χ3n) is 5.32. The number of hydrogen-bond acceptors (Lipinski definition) is 3. The molecular formula is C17H31N3O3. The van der Waals surface area contributed by atoms with Gasteiger partial charge < -0.3 is 15.3 Å². The van der Waals surface area contributed by atoms with Gasteiger partial charge in [-0.25, -0.2) is 4.79 Å². The van der Waals surface area contributed by atoms with Crippen LogP contribution in [0.25, 0.3) is 0 Å². The minimum Gasteiger partial charge on any atom is -0.480 e. The smallest absolute Gasteiger partial charge is 0.317 e. The van der Waals surface area contributed by atoms with Crippen molar-refractivity contribution in [1.82, 2.24) is 15.1 Å². The van der Waals surface area contributed by atoms with E-state index in [9.17, 15) is 9.59 Å². The molecule has 2 unspecified atom stereocenters. The van der Waals surface area contributed by atoms with Crippen molar-refractivity contribution < 1.29 is 14.7 Å². The third-order valence-corrected chi connectivity index (χ3v) is 5.32. The second-order valence-corrected chi connectivity index (χ2v) is 7.27. The molecule has 2 amide bonds. The van der Waals surface area contributed by atoms with Gasteiger partial charge in [0.15, 0.2) is 0 Å². The van der Waals surface area contributed by atoms with Gasteiger partial charge in [0.25, 0.3) is 0 Å². The maximum atomic E-state index is 12.5. The predicted octanol–water partition coefficient (Wildman–Crippen LogP) is 2.14. The molecule has 0 aromatic rings. The van der Waals surface area contributed by atoms with Crippen molar-refractivity contribution >= 4 is 12.0 Å². The van der Waals surface area contributed by atoms with Gasteiger partial charge in [-0.3, -0.25) is 9.69 Å². The Morgan fingerprint density at radius 3 is 2.57 bits per heavy atom. The van der Waals surface area contributed by atoms with Gasteiger partial charge in [0.1, 0.15) is 0 Å². The summed E-state index contributed by atoms with van der Waals surface area (Å²) in [6.45, 7) is 7.98. The van der Waals surface area contributed by atoms with Crippen molar-refractivity contribution in [3.8, 4) is 0 Å². The second kappa shape index (κ2) is 7.99. The van der Waals surface area contributed by atoms with E-state index in [2.05, 4.69) is 19.2 Å². The summed E-state index contributed by atoms with van der Waals surface area (Å²) in [5, 5.41) is 12.1. The standard InChI is InChI=1S/C17H31N3O3/c1-4-19(11-16(21)22)15-8-14(9-15)18-17(23)20-10-12(2)6-5-7-13(20)3/h12-15H,4-11H2,1-3H3,(H,18,23)(H,21,22). The molecule has 0 bridgehead atoms. The minimum absolute atomic E-state index is 0.0518. The number of amides is 2. The Labute approximate surface area is 139 Å². The van der Waals surface area contributed by atoms with Crippen LogP contribution in [0.5, 0.6) is 0 Å². The van der Waals surface area contributed by atoms with E-state index >= 15 is 0 Å². The maximum absolute atomic E-state index is 12.5. The van der Waals surface area contributed by atoms with Crippen LogP contribution in [0.15, 0.2) is 0 Å². The number of likely N-dealkylation sites (tertiary alicyclic amines) is 1. The highest BCUT2D eigenvalue weighted by atomic mass is 16.4. The molecule has 2 fully saturated rings. The molecule has 6 nitrogen and oxygen atoms in total. The van der Waals surface area contributed by atoms with Crippen LogP contribution in [0.1, 0.15) is 52.9 Å². The summed E-state index contributed by atoms with van der Waals surface area (Å²) in [6.07, 6.45) is 5.17. The van der Waals surface area contributed by atoms with Crippen molar-refractivity contribution in [3.05, 3.63) is 0 Å². The molecule has 1 aliphatic carbocycles. The van der Waals surface area contributed by atoms with Crippen molar-refractivity contribution in [3.63, 3.8) is 0 Å². The molecule has 1 heterocycles. The molecule has 2 aliphatic rings. The van der Waals surface area contributed by atoms with Crippen molar-refractivity contribution in [2.45, 2.75) is 71.0 Å². The number of carboxylic acids is 1. The molecule has 2 atom stereocenters. The number of rotatable bonds is 5. The number of carbonyl (C=O) groups is 2. The van der Waals surface area contributed by atoms with Gasteiger partial charge in [-0.2, -0.15) is 0 Å². The van der Waals surface area contributed by atoms with E-state index in [1.807, 2.05) is 16.7 Å². The van der Waals surface area contributed by atoms with Gasteiger partial charge in [0.2, 0.25) is 0 Å². The summed E-state index contributed by atoms with van der Waals surface area (Å²) in [7, 11) is 0. The lowest BCUT2D eigenvalue weighted by molar-refractivity contribution is -0.139. The van der Waals surface area contributed by atoms with Gasteiger partial charge in [0.05, 0.1) is 6.54 Å². The summed E-state index contributed by atoms with van der Waals surface area (Å²) >= 11 is 0. The first-order valence-electron chi connectivity index (χ1n) is 8.93. The molecule has 2 rings (SSSR count). The van der Waals surface area contributed by atoms with Crippen LogP contribution < -0.4 is 5.32 Å². The number of aliphatic carboxylic acids is 1. The fourth-order valence-corrected chi connectivity index (χ4v) is 3.74. The Morgan fingerprint density at radius 1 is 1.26 bits per heavy atom. The van der Waals surface area contributed by atoms with Crippen LogP contribution in [0.2, 0.25) is 0 Å². The van der Waals surface area contributed by atoms with Crippen molar-refractivity contribution in [2.24, 2.45) is 5.92 Å². The Bertz CT molecular complexity index is 423. The zero-order valence-corrected chi connectivity index (χ0v) is 14.6. The molecule has 1 aliphatic heterocycles. The molecule has 0 radical (unpaired) electrons. The normalized spacial score (nSPS) is 31.4. The summed E-state index contributed by atoms with van der Waals surface area (Å²) < 4.78 is 0. The van der Waals surface area contributed by atoms with E-state index in [4.69, 9.17) is 5.11 Å². The number of urea groups is 1. The van der Waals surface area contributed by atoms with Crippen LogP contribution in [-0.2, 0) is 4.79 Å². The zero-order chi connectivity index (χ0) is 17.0. The number of nitrogens with zero attached hydrogens (tertiary/aromatic N) is 2. The Balaban J connectivity index is 1.80. The first kappa shape index (κ1) is 18.0. The molecule has 0 aromatic heterocycles. The molecule has 1 saturated heterocycles. The van der Waals surface area contributed by atoms with E-state index in [-0.39, 0.29) is 24.7 Å². The van der Waals surface area contributed by atoms with E-state index < -0.39 is 5.97 Å². The molecular weight excluding hydrogens is 294 g/mol. The SMILES string of the molecule is CCN(CC(=O)O)C1CC(NC(=O)N2CC(C)CCCC2C)C1.